The first-order chi connectivity index (χ1) is 9.27. The van der Waals surface area contributed by atoms with Crippen molar-refractivity contribution < 1.29 is 4.79 Å². The summed E-state index contributed by atoms with van der Waals surface area (Å²) >= 11 is 7.33. The second-order valence-electron chi connectivity index (χ2n) is 5.69. The zero-order valence-corrected chi connectivity index (χ0v) is 13.5. The van der Waals surface area contributed by atoms with Crippen molar-refractivity contribution in [2.24, 2.45) is 0 Å². The van der Waals surface area contributed by atoms with Crippen LogP contribution in [0.1, 0.15) is 41.0 Å². The summed E-state index contributed by atoms with van der Waals surface area (Å²) < 4.78 is 0. The highest BCUT2D eigenvalue weighted by molar-refractivity contribution is 7.13. The molecule has 0 aliphatic rings. The van der Waals surface area contributed by atoms with Gasteiger partial charge in [-0.1, -0.05) is 32.4 Å². The largest absolute Gasteiger partial charge is 0.321 e. The maximum atomic E-state index is 12.2. The Balaban J connectivity index is 2.18. The highest BCUT2D eigenvalue weighted by atomic mass is 35.5. The fourth-order valence-corrected chi connectivity index (χ4v) is 2.77. The Morgan fingerprint density at radius 1 is 1.35 bits per heavy atom. The molecular weight excluding hydrogens is 292 g/mol. The lowest BCUT2D eigenvalue weighted by Crippen LogP contribution is -2.11. The summed E-state index contributed by atoms with van der Waals surface area (Å²) in [5, 5.41) is 4.51. The van der Waals surface area contributed by atoms with Gasteiger partial charge < -0.3 is 5.32 Å². The molecule has 0 atom stereocenters. The molecule has 1 amide bonds. The second kappa shape index (κ2) is 5.54. The van der Waals surface area contributed by atoms with Crippen molar-refractivity contribution in [2.75, 3.05) is 5.32 Å². The number of nitrogens with one attached hydrogen (secondary N) is 1. The van der Waals surface area contributed by atoms with E-state index >= 15 is 0 Å². The molecule has 1 N–H and O–H groups in total. The number of rotatable bonds is 2. The Morgan fingerprint density at radius 2 is 2.05 bits per heavy atom. The summed E-state index contributed by atoms with van der Waals surface area (Å²) in [6.07, 6.45) is 1.63. The van der Waals surface area contributed by atoms with Crippen molar-refractivity contribution in [1.82, 2.24) is 4.98 Å². The number of anilines is 1. The van der Waals surface area contributed by atoms with Gasteiger partial charge in [0.15, 0.2) is 0 Å². The first-order valence-electron chi connectivity index (χ1n) is 6.31. The molecule has 20 heavy (non-hydrogen) atoms. The number of benzene rings is 1. The van der Waals surface area contributed by atoms with Crippen molar-refractivity contribution in [1.29, 1.82) is 0 Å². The van der Waals surface area contributed by atoms with Crippen molar-refractivity contribution in [3.63, 3.8) is 0 Å². The van der Waals surface area contributed by atoms with E-state index in [2.05, 4.69) is 31.1 Å². The number of amides is 1. The standard InChI is InChI=1S/C15H17ClN2OS/c1-9-7-10(16)5-6-11(9)18-13(19)12-8-17-14(20-12)15(2,3)4/h5-8H,1-4H3,(H,18,19). The molecule has 3 nitrogen and oxygen atoms in total. The third kappa shape index (κ3) is 3.38. The fraction of sp³-hybridized carbons (Fsp3) is 0.333. The van der Waals surface area contributed by atoms with Crippen molar-refractivity contribution in [3.05, 3.63) is 44.9 Å². The number of aryl methyl sites for hydroxylation is 1. The van der Waals surface area contributed by atoms with Crippen LogP contribution in [0.2, 0.25) is 5.02 Å². The third-order valence-corrected chi connectivity index (χ3v) is 4.46. The Labute approximate surface area is 128 Å². The van der Waals surface area contributed by atoms with Gasteiger partial charge in [-0.05, 0) is 30.7 Å². The van der Waals surface area contributed by atoms with Crippen LogP contribution >= 0.6 is 22.9 Å². The van der Waals surface area contributed by atoms with Gasteiger partial charge in [-0.3, -0.25) is 4.79 Å². The van der Waals surface area contributed by atoms with Crippen LogP contribution in [-0.4, -0.2) is 10.9 Å². The van der Waals surface area contributed by atoms with E-state index < -0.39 is 0 Å². The average molecular weight is 309 g/mol. The van der Waals surface area contributed by atoms with E-state index in [0.717, 1.165) is 16.3 Å². The molecular formula is C15H17ClN2OS. The van der Waals surface area contributed by atoms with E-state index in [1.54, 1.807) is 18.3 Å². The minimum absolute atomic E-state index is 0.0423. The van der Waals surface area contributed by atoms with Gasteiger partial charge in [0, 0.05) is 16.1 Å². The second-order valence-corrected chi connectivity index (χ2v) is 7.16. The van der Waals surface area contributed by atoms with Crippen LogP contribution in [0.15, 0.2) is 24.4 Å². The molecule has 0 aliphatic heterocycles. The minimum atomic E-state index is -0.136. The Kier molecular flexibility index (Phi) is 4.16. The summed E-state index contributed by atoms with van der Waals surface area (Å²) in [6.45, 7) is 8.15. The number of hydrogen-bond donors (Lipinski definition) is 1. The van der Waals surface area contributed by atoms with E-state index in [-0.39, 0.29) is 11.3 Å². The number of halogens is 1. The highest BCUT2D eigenvalue weighted by Crippen LogP contribution is 2.27. The Hall–Kier alpha value is -1.39. The number of nitrogens with zero attached hydrogens (tertiary/aromatic N) is 1. The average Bonchev–Trinajstić information content (AvgIpc) is 2.82. The van der Waals surface area contributed by atoms with Gasteiger partial charge in [-0.25, -0.2) is 4.98 Å². The molecule has 2 rings (SSSR count). The lowest BCUT2D eigenvalue weighted by atomic mass is 9.98. The quantitative estimate of drug-likeness (QED) is 0.877. The van der Waals surface area contributed by atoms with Gasteiger partial charge in [0.25, 0.3) is 5.91 Å². The monoisotopic (exact) mass is 308 g/mol. The molecule has 0 spiro atoms. The van der Waals surface area contributed by atoms with Crippen LogP contribution in [0.5, 0.6) is 0 Å². The van der Waals surface area contributed by atoms with E-state index in [9.17, 15) is 4.79 Å². The molecule has 0 unspecified atom stereocenters. The lowest BCUT2D eigenvalue weighted by Gasteiger charge is -2.13. The Morgan fingerprint density at radius 3 is 2.60 bits per heavy atom. The normalized spacial score (nSPS) is 11.4. The molecule has 1 aromatic heterocycles. The third-order valence-electron chi connectivity index (χ3n) is 2.81. The molecule has 1 aromatic carbocycles. The summed E-state index contributed by atoms with van der Waals surface area (Å²) in [7, 11) is 0. The summed E-state index contributed by atoms with van der Waals surface area (Å²) in [5.74, 6) is -0.136. The summed E-state index contributed by atoms with van der Waals surface area (Å²) in [5.41, 5.74) is 1.66. The van der Waals surface area contributed by atoms with Gasteiger partial charge >= 0.3 is 0 Å². The maximum Gasteiger partial charge on any atom is 0.267 e. The lowest BCUT2D eigenvalue weighted by molar-refractivity contribution is 0.103. The molecule has 2 aromatic rings. The number of carbonyl (C=O) groups excluding carboxylic acids is 1. The molecule has 1 heterocycles. The molecule has 106 valence electrons. The summed E-state index contributed by atoms with van der Waals surface area (Å²) in [4.78, 5) is 17.2. The summed E-state index contributed by atoms with van der Waals surface area (Å²) in [6, 6.07) is 5.39. The molecule has 0 radical (unpaired) electrons. The fourth-order valence-electron chi connectivity index (χ4n) is 1.68. The van der Waals surface area contributed by atoms with Crippen LogP contribution in [0.25, 0.3) is 0 Å². The minimum Gasteiger partial charge on any atom is -0.321 e. The van der Waals surface area contributed by atoms with Crippen LogP contribution in [-0.2, 0) is 5.41 Å². The molecule has 0 aliphatic carbocycles. The first-order valence-corrected chi connectivity index (χ1v) is 7.50. The maximum absolute atomic E-state index is 12.2. The van der Waals surface area contributed by atoms with Gasteiger partial charge in [0.1, 0.15) is 4.88 Å². The number of thiazole rings is 1. The zero-order valence-electron chi connectivity index (χ0n) is 12.0. The van der Waals surface area contributed by atoms with E-state index in [0.29, 0.717) is 9.90 Å². The van der Waals surface area contributed by atoms with Crippen molar-refractivity contribution in [3.8, 4) is 0 Å². The van der Waals surface area contributed by atoms with Crippen molar-refractivity contribution >= 4 is 34.5 Å². The van der Waals surface area contributed by atoms with E-state index in [1.165, 1.54) is 11.3 Å². The number of aromatic nitrogens is 1. The predicted octanol–water partition coefficient (Wildman–Crippen LogP) is 4.65. The predicted molar refractivity (Wildman–Crippen MR) is 85.0 cm³/mol. The number of carbonyl (C=O) groups is 1. The van der Waals surface area contributed by atoms with Gasteiger partial charge in [0.2, 0.25) is 0 Å². The highest BCUT2D eigenvalue weighted by Gasteiger charge is 2.20. The van der Waals surface area contributed by atoms with Crippen molar-refractivity contribution in [2.45, 2.75) is 33.1 Å². The SMILES string of the molecule is Cc1cc(Cl)ccc1NC(=O)c1cnc(C(C)(C)C)s1. The molecule has 0 saturated carbocycles. The first kappa shape index (κ1) is 15.0. The zero-order chi connectivity index (χ0) is 14.9. The molecule has 0 saturated heterocycles. The van der Waals surface area contributed by atoms with Crippen LogP contribution in [0.4, 0.5) is 5.69 Å². The molecule has 5 heteroatoms. The van der Waals surface area contributed by atoms with E-state index in [1.807, 2.05) is 13.0 Å². The smallest absolute Gasteiger partial charge is 0.267 e. The van der Waals surface area contributed by atoms with Crippen LogP contribution < -0.4 is 5.32 Å². The van der Waals surface area contributed by atoms with Crippen LogP contribution in [0.3, 0.4) is 0 Å². The van der Waals surface area contributed by atoms with E-state index in [4.69, 9.17) is 11.6 Å². The number of hydrogen-bond acceptors (Lipinski definition) is 3. The van der Waals surface area contributed by atoms with Crippen LogP contribution in [0, 0.1) is 6.92 Å². The topological polar surface area (TPSA) is 42.0 Å². The van der Waals surface area contributed by atoms with Gasteiger partial charge in [-0.15, -0.1) is 11.3 Å². The molecule has 0 fully saturated rings. The Bertz CT molecular complexity index is 644. The molecule has 0 bridgehead atoms. The van der Waals surface area contributed by atoms with Gasteiger partial charge in [0.05, 0.1) is 11.2 Å². The van der Waals surface area contributed by atoms with Gasteiger partial charge in [-0.2, -0.15) is 0 Å².